The van der Waals surface area contributed by atoms with Gasteiger partial charge < -0.3 is 10.2 Å². The van der Waals surface area contributed by atoms with Crippen LogP contribution in [0.25, 0.3) is 0 Å². The lowest BCUT2D eigenvalue weighted by Crippen LogP contribution is -2.45. The maximum Gasteiger partial charge on any atom is 0.253 e. The number of nitrogens with zero attached hydrogens (tertiary/aromatic N) is 1. The van der Waals surface area contributed by atoms with Gasteiger partial charge in [0.2, 0.25) is 10.0 Å². The first kappa shape index (κ1) is 24.2. The van der Waals surface area contributed by atoms with Gasteiger partial charge in [-0.15, -0.1) is 0 Å². The molecule has 0 saturated carbocycles. The minimum absolute atomic E-state index is 0.180. The van der Waals surface area contributed by atoms with Crippen molar-refractivity contribution < 1.29 is 17.6 Å². The molecular formula is C25H25ClFN3O3S. The standard InChI is InChI=1S/C25H25ClFN3O3S/c26-19-8-10-22(11-9-19)34(32,33)29-21-12-14-30(15-13-21)24-7-2-1-6-23(24)25(31)28-17-18-4-3-5-20(27)16-18/h1-11,16,21,29H,12-15,17H2,(H,28,31). The number of carbonyl (C=O) groups excluding carboxylic acids is 1. The second-order valence-electron chi connectivity index (χ2n) is 8.17. The Balaban J connectivity index is 1.38. The summed E-state index contributed by atoms with van der Waals surface area (Å²) < 4.78 is 41.5. The van der Waals surface area contributed by atoms with E-state index in [-0.39, 0.29) is 29.2 Å². The van der Waals surface area contributed by atoms with Crippen molar-refractivity contribution in [3.63, 3.8) is 0 Å². The number of amides is 1. The van der Waals surface area contributed by atoms with E-state index in [2.05, 4.69) is 14.9 Å². The minimum atomic E-state index is -3.64. The minimum Gasteiger partial charge on any atom is -0.371 e. The Morgan fingerprint density at radius 1 is 1.00 bits per heavy atom. The van der Waals surface area contributed by atoms with Crippen molar-refractivity contribution in [2.24, 2.45) is 0 Å². The number of carbonyl (C=O) groups is 1. The van der Waals surface area contributed by atoms with Gasteiger partial charge in [0, 0.05) is 36.4 Å². The normalized spacial score (nSPS) is 14.7. The lowest BCUT2D eigenvalue weighted by atomic mass is 10.0. The van der Waals surface area contributed by atoms with Crippen LogP contribution in [0.2, 0.25) is 5.02 Å². The first-order valence-electron chi connectivity index (χ1n) is 11.0. The van der Waals surface area contributed by atoms with E-state index in [1.807, 2.05) is 12.1 Å². The summed E-state index contributed by atoms with van der Waals surface area (Å²) in [6, 6.07) is 19.3. The van der Waals surface area contributed by atoms with E-state index < -0.39 is 10.0 Å². The van der Waals surface area contributed by atoms with Gasteiger partial charge in [0.1, 0.15) is 5.82 Å². The smallest absolute Gasteiger partial charge is 0.253 e. The summed E-state index contributed by atoms with van der Waals surface area (Å²) in [5.74, 6) is -0.591. The highest BCUT2D eigenvalue weighted by Gasteiger charge is 2.26. The fraction of sp³-hybridized carbons (Fsp3) is 0.240. The highest BCUT2D eigenvalue weighted by atomic mass is 35.5. The molecule has 6 nitrogen and oxygen atoms in total. The summed E-state index contributed by atoms with van der Waals surface area (Å²) in [7, 11) is -3.64. The number of para-hydroxylation sites is 1. The van der Waals surface area contributed by atoms with Gasteiger partial charge in [0.15, 0.2) is 0 Å². The van der Waals surface area contributed by atoms with E-state index in [1.165, 1.54) is 24.3 Å². The monoisotopic (exact) mass is 501 g/mol. The molecule has 0 spiro atoms. The average Bonchev–Trinajstić information content (AvgIpc) is 2.83. The second-order valence-corrected chi connectivity index (χ2v) is 10.3. The number of anilines is 1. The SMILES string of the molecule is O=C(NCc1cccc(F)c1)c1ccccc1N1CCC(NS(=O)(=O)c2ccc(Cl)cc2)CC1. The third kappa shape index (κ3) is 5.94. The summed E-state index contributed by atoms with van der Waals surface area (Å²) in [6.07, 6.45) is 1.21. The number of benzene rings is 3. The Kier molecular flexibility index (Phi) is 7.50. The summed E-state index contributed by atoms with van der Waals surface area (Å²) in [6.45, 7) is 1.42. The third-order valence-electron chi connectivity index (χ3n) is 5.77. The molecular weight excluding hydrogens is 477 g/mol. The number of sulfonamides is 1. The fourth-order valence-corrected chi connectivity index (χ4v) is 5.44. The van der Waals surface area contributed by atoms with E-state index in [1.54, 1.807) is 36.4 Å². The molecule has 0 unspecified atom stereocenters. The molecule has 4 rings (SSSR count). The highest BCUT2D eigenvalue weighted by Crippen LogP contribution is 2.25. The number of hydrogen-bond acceptors (Lipinski definition) is 4. The van der Waals surface area contributed by atoms with Gasteiger partial charge in [0.25, 0.3) is 5.91 Å². The van der Waals surface area contributed by atoms with Gasteiger partial charge in [-0.3, -0.25) is 4.79 Å². The maximum absolute atomic E-state index is 13.4. The van der Waals surface area contributed by atoms with Crippen LogP contribution in [0.5, 0.6) is 0 Å². The van der Waals surface area contributed by atoms with E-state index in [9.17, 15) is 17.6 Å². The van der Waals surface area contributed by atoms with Crippen molar-refractivity contribution in [3.05, 3.63) is 94.8 Å². The Labute approximate surface area is 203 Å². The molecule has 0 bridgehead atoms. The van der Waals surface area contributed by atoms with E-state index in [0.29, 0.717) is 42.1 Å². The number of nitrogens with one attached hydrogen (secondary N) is 2. The molecule has 2 N–H and O–H groups in total. The van der Waals surface area contributed by atoms with Crippen molar-refractivity contribution in [1.82, 2.24) is 10.0 Å². The van der Waals surface area contributed by atoms with Gasteiger partial charge in [0.05, 0.1) is 10.5 Å². The molecule has 1 aliphatic rings. The van der Waals surface area contributed by atoms with Crippen molar-refractivity contribution in [3.8, 4) is 0 Å². The summed E-state index contributed by atoms with van der Waals surface area (Å²) >= 11 is 5.86. The Morgan fingerprint density at radius 3 is 2.41 bits per heavy atom. The molecule has 1 heterocycles. The highest BCUT2D eigenvalue weighted by molar-refractivity contribution is 7.89. The van der Waals surface area contributed by atoms with Crippen LogP contribution >= 0.6 is 11.6 Å². The predicted octanol–water partition coefficient (Wildman–Crippen LogP) is 4.36. The number of piperidine rings is 1. The van der Waals surface area contributed by atoms with E-state index in [0.717, 1.165) is 5.69 Å². The molecule has 178 valence electrons. The van der Waals surface area contributed by atoms with Crippen molar-refractivity contribution in [2.45, 2.75) is 30.3 Å². The molecule has 1 fully saturated rings. The van der Waals surface area contributed by atoms with E-state index >= 15 is 0 Å². The molecule has 9 heteroatoms. The summed E-state index contributed by atoms with van der Waals surface area (Å²) in [5, 5.41) is 3.33. The molecule has 3 aromatic rings. The molecule has 1 amide bonds. The lowest BCUT2D eigenvalue weighted by Gasteiger charge is -2.34. The lowest BCUT2D eigenvalue weighted by molar-refractivity contribution is 0.0951. The first-order chi connectivity index (χ1) is 16.3. The summed E-state index contributed by atoms with van der Waals surface area (Å²) in [4.78, 5) is 15.1. The van der Waals surface area contributed by atoms with Gasteiger partial charge in [-0.2, -0.15) is 0 Å². The van der Waals surface area contributed by atoms with Gasteiger partial charge in [-0.05, 0) is 66.9 Å². The zero-order valence-electron chi connectivity index (χ0n) is 18.4. The van der Waals surface area contributed by atoms with Crippen molar-refractivity contribution >= 4 is 33.2 Å². The first-order valence-corrected chi connectivity index (χ1v) is 12.8. The average molecular weight is 502 g/mol. The van der Waals surface area contributed by atoms with Crippen LogP contribution in [0, 0.1) is 5.82 Å². The van der Waals surface area contributed by atoms with Crippen LogP contribution in [-0.4, -0.2) is 33.5 Å². The second kappa shape index (κ2) is 10.5. The van der Waals surface area contributed by atoms with E-state index in [4.69, 9.17) is 11.6 Å². The van der Waals surface area contributed by atoms with Crippen molar-refractivity contribution in [1.29, 1.82) is 0 Å². The maximum atomic E-state index is 13.4. The Hall–Kier alpha value is -2.94. The molecule has 0 aliphatic carbocycles. The molecule has 34 heavy (non-hydrogen) atoms. The fourth-order valence-electron chi connectivity index (χ4n) is 4.01. The zero-order valence-corrected chi connectivity index (χ0v) is 19.9. The molecule has 3 aromatic carbocycles. The van der Waals surface area contributed by atoms with Crippen LogP contribution in [0.15, 0.2) is 77.7 Å². The zero-order chi connectivity index (χ0) is 24.1. The summed E-state index contributed by atoms with van der Waals surface area (Å²) in [5.41, 5.74) is 2.00. The Morgan fingerprint density at radius 2 is 1.71 bits per heavy atom. The van der Waals surface area contributed by atoms with Gasteiger partial charge >= 0.3 is 0 Å². The van der Waals surface area contributed by atoms with Gasteiger partial charge in [-0.1, -0.05) is 35.9 Å². The molecule has 1 aliphatic heterocycles. The van der Waals surface area contributed by atoms with Crippen LogP contribution in [0.4, 0.5) is 10.1 Å². The molecule has 0 radical (unpaired) electrons. The quantitative estimate of drug-likeness (QED) is 0.504. The van der Waals surface area contributed by atoms with Crippen LogP contribution in [-0.2, 0) is 16.6 Å². The number of hydrogen-bond donors (Lipinski definition) is 2. The van der Waals surface area contributed by atoms with Crippen LogP contribution < -0.4 is 14.9 Å². The van der Waals surface area contributed by atoms with Crippen LogP contribution in [0.3, 0.4) is 0 Å². The van der Waals surface area contributed by atoms with Gasteiger partial charge in [-0.25, -0.2) is 17.5 Å². The Bertz CT molecular complexity index is 1260. The molecule has 0 atom stereocenters. The number of halogens is 2. The number of rotatable bonds is 7. The largest absolute Gasteiger partial charge is 0.371 e. The predicted molar refractivity (Wildman–Crippen MR) is 131 cm³/mol. The topological polar surface area (TPSA) is 78.5 Å². The molecule has 1 saturated heterocycles. The van der Waals surface area contributed by atoms with Crippen LogP contribution in [0.1, 0.15) is 28.8 Å². The molecule has 0 aromatic heterocycles. The van der Waals surface area contributed by atoms with Crippen molar-refractivity contribution in [2.75, 3.05) is 18.0 Å². The third-order valence-corrected chi connectivity index (χ3v) is 7.56.